The van der Waals surface area contributed by atoms with Crippen LogP contribution >= 0.6 is 0 Å². The highest BCUT2D eigenvalue weighted by atomic mass is 16.3. The number of fused-ring (bicyclic) bond motifs is 1. The minimum atomic E-state index is -0.244. The molecule has 124 valence electrons. The highest BCUT2D eigenvalue weighted by Crippen LogP contribution is 2.19. The van der Waals surface area contributed by atoms with E-state index >= 15 is 0 Å². The van der Waals surface area contributed by atoms with Gasteiger partial charge in [0.05, 0.1) is 6.33 Å². The largest absolute Gasteiger partial charge is 0.396 e. The Bertz CT molecular complexity index is 827. The first-order chi connectivity index (χ1) is 11.7. The fourth-order valence-corrected chi connectivity index (χ4v) is 2.47. The van der Waals surface area contributed by atoms with E-state index in [-0.39, 0.29) is 18.4 Å². The maximum absolute atomic E-state index is 12.3. The van der Waals surface area contributed by atoms with Crippen LogP contribution in [0, 0.1) is 5.92 Å². The standard InChI is InChI=1S/C17H19N5O2/c1-2-12(9-23)8-22-11-20-14-15(18-10-19-16(14)22)21-17(24)13-6-4-3-5-7-13/h3-7,10-12,23H,2,8-9H2,1H3,(H,18,19,21,24). The molecule has 0 spiro atoms. The third kappa shape index (κ3) is 3.26. The number of nitrogens with one attached hydrogen (secondary N) is 1. The van der Waals surface area contributed by atoms with E-state index in [1.165, 1.54) is 6.33 Å². The Kier molecular flexibility index (Phi) is 4.81. The molecule has 0 aliphatic heterocycles. The third-order valence-electron chi connectivity index (χ3n) is 3.96. The van der Waals surface area contributed by atoms with E-state index in [0.29, 0.717) is 29.1 Å². The second-order valence-electron chi connectivity index (χ2n) is 5.57. The highest BCUT2D eigenvalue weighted by molar-refractivity contribution is 6.06. The Morgan fingerprint density at radius 2 is 2.04 bits per heavy atom. The molecule has 7 nitrogen and oxygen atoms in total. The van der Waals surface area contributed by atoms with Crippen LogP contribution in [0.3, 0.4) is 0 Å². The molecule has 7 heteroatoms. The molecule has 1 amide bonds. The Balaban J connectivity index is 1.87. The lowest BCUT2D eigenvalue weighted by molar-refractivity contribution is 0.102. The summed E-state index contributed by atoms with van der Waals surface area (Å²) in [4.78, 5) is 25.0. The molecule has 3 rings (SSSR count). The predicted molar refractivity (Wildman–Crippen MR) is 90.6 cm³/mol. The molecule has 3 aromatic rings. The van der Waals surface area contributed by atoms with Crippen LogP contribution in [-0.4, -0.2) is 37.1 Å². The van der Waals surface area contributed by atoms with Crippen molar-refractivity contribution in [2.45, 2.75) is 19.9 Å². The van der Waals surface area contributed by atoms with Crippen molar-refractivity contribution in [2.24, 2.45) is 5.92 Å². The summed E-state index contributed by atoms with van der Waals surface area (Å²) in [6, 6.07) is 8.93. The molecule has 1 atom stereocenters. The zero-order valence-corrected chi connectivity index (χ0v) is 13.4. The van der Waals surface area contributed by atoms with Gasteiger partial charge in [0.25, 0.3) is 5.91 Å². The lowest BCUT2D eigenvalue weighted by Gasteiger charge is -2.12. The second kappa shape index (κ2) is 7.18. The van der Waals surface area contributed by atoms with Gasteiger partial charge in [-0.3, -0.25) is 4.79 Å². The number of carbonyl (C=O) groups excluding carboxylic acids is 1. The first-order valence-corrected chi connectivity index (χ1v) is 7.86. The molecule has 2 heterocycles. The molecule has 1 unspecified atom stereocenters. The van der Waals surface area contributed by atoms with Crippen LogP contribution in [0.25, 0.3) is 11.2 Å². The van der Waals surface area contributed by atoms with Crippen molar-refractivity contribution in [3.8, 4) is 0 Å². The Hall–Kier alpha value is -2.80. The number of aliphatic hydroxyl groups excluding tert-OH is 1. The molecule has 2 aromatic heterocycles. The Morgan fingerprint density at radius 1 is 1.25 bits per heavy atom. The van der Waals surface area contributed by atoms with Gasteiger partial charge >= 0.3 is 0 Å². The zero-order valence-electron chi connectivity index (χ0n) is 13.4. The Morgan fingerprint density at radius 3 is 2.75 bits per heavy atom. The second-order valence-corrected chi connectivity index (χ2v) is 5.57. The van der Waals surface area contributed by atoms with Crippen LogP contribution in [-0.2, 0) is 6.54 Å². The predicted octanol–water partition coefficient (Wildman–Crippen LogP) is 2.10. The van der Waals surface area contributed by atoms with Crippen molar-refractivity contribution < 1.29 is 9.90 Å². The number of benzene rings is 1. The van der Waals surface area contributed by atoms with E-state index in [2.05, 4.69) is 20.3 Å². The van der Waals surface area contributed by atoms with E-state index in [1.807, 2.05) is 17.6 Å². The molecule has 0 saturated heterocycles. The van der Waals surface area contributed by atoms with Gasteiger partial charge in [-0.25, -0.2) is 15.0 Å². The number of hydrogen-bond donors (Lipinski definition) is 2. The molecule has 0 aliphatic rings. The van der Waals surface area contributed by atoms with Crippen LogP contribution in [0.5, 0.6) is 0 Å². The van der Waals surface area contributed by atoms with Gasteiger partial charge in [-0.05, 0) is 24.5 Å². The highest BCUT2D eigenvalue weighted by Gasteiger charge is 2.15. The van der Waals surface area contributed by atoms with Gasteiger partial charge in [0, 0.05) is 18.7 Å². The number of aromatic nitrogens is 4. The SMILES string of the molecule is CCC(CO)Cn1cnc2c(NC(=O)c3ccccc3)ncnc21. The molecular formula is C17H19N5O2. The topological polar surface area (TPSA) is 92.9 Å². The minimum absolute atomic E-state index is 0.110. The zero-order chi connectivity index (χ0) is 16.9. The van der Waals surface area contributed by atoms with Crippen molar-refractivity contribution >= 4 is 22.9 Å². The van der Waals surface area contributed by atoms with E-state index in [4.69, 9.17) is 0 Å². The summed E-state index contributed by atoms with van der Waals surface area (Å²) in [5.74, 6) is 0.274. The molecule has 1 aromatic carbocycles. The molecular weight excluding hydrogens is 306 g/mol. The smallest absolute Gasteiger partial charge is 0.256 e. The summed E-state index contributed by atoms with van der Waals surface area (Å²) in [5, 5.41) is 12.2. The van der Waals surface area contributed by atoms with E-state index in [1.54, 1.807) is 30.6 Å². The van der Waals surface area contributed by atoms with Crippen molar-refractivity contribution in [1.29, 1.82) is 0 Å². The van der Waals surface area contributed by atoms with Crippen LogP contribution in [0.15, 0.2) is 43.0 Å². The van der Waals surface area contributed by atoms with Gasteiger partial charge in [0.1, 0.15) is 6.33 Å². The number of imidazole rings is 1. The van der Waals surface area contributed by atoms with Crippen LogP contribution in [0.2, 0.25) is 0 Å². The van der Waals surface area contributed by atoms with E-state index in [0.717, 1.165) is 6.42 Å². The van der Waals surface area contributed by atoms with Gasteiger partial charge in [0.2, 0.25) is 0 Å². The number of amides is 1. The number of aliphatic hydroxyl groups is 1. The molecule has 2 N–H and O–H groups in total. The number of carbonyl (C=O) groups is 1. The lowest BCUT2D eigenvalue weighted by atomic mass is 10.1. The Labute approximate surface area is 139 Å². The summed E-state index contributed by atoms with van der Waals surface area (Å²) >= 11 is 0. The fourth-order valence-electron chi connectivity index (χ4n) is 2.47. The molecule has 24 heavy (non-hydrogen) atoms. The summed E-state index contributed by atoms with van der Waals surface area (Å²) < 4.78 is 1.87. The first-order valence-electron chi connectivity index (χ1n) is 7.86. The monoisotopic (exact) mass is 325 g/mol. The fraction of sp³-hybridized carbons (Fsp3) is 0.294. The van der Waals surface area contributed by atoms with E-state index in [9.17, 15) is 9.90 Å². The first kappa shape index (κ1) is 16.1. The third-order valence-corrected chi connectivity index (χ3v) is 3.96. The number of nitrogens with zero attached hydrogens (tertiary/aromatic N) is 4. The number of anilines is 1. The average Bonchev–Trinajstić information content (AvgIpc) is 3.04. The summed E-state index contributed by atoms with van der Waals surface area (Å²) in [6.45, 7) is 2.76. The molecule has 0 radical (unpaired) electrons. The van der Waals surface area contributed by atoms with E-state index < -0.39 is 0 Å². The molecule has 0 fully saturated rings. The quantitative estimate of drug-likeness (QED) is 0.724. The van der Waals surface area contributed by atoms with Gasteiger partial charge in [0.15, 0.2) is 17.0 Å². The van der Waals surface area contributed by atoms with Gasteiger partial charge < -0.3 is 15.0 Å². The number of rotatable bonds is 6. The molecule has 0 aliphatic carbocycles. The summed E-state index contributed by atoms with van der Waals surface area (Å²) in [5.41, 5.74) is 1.73. The average molecular weight is 325 g/mol. The number of hydrogen-bond acceptors (Lipinski definition) is 5. The summed E-state index contributed by atoms with van der Waals surface area (Å²) in [7, 11) is 0. The van der Waals surface area contributed by atoms with Crippen LogP contribution in [0.1, 0.15) is 23.7 Å². The maximum atomic E-state index is 12.3. The van der Waals surface area contributed by atoms with Gasteiger partial charge in [-0.1, -0.05) is 25.1 Å². The van der Waals surface area contributed by atoms with Crippen molar-refractivity contribution in [2.75, 3.05) is 11.9 Å². The van der Waals surface area contributed by atoms with Gasteiger partial charge in [-0.2, -0.15) is 0 Å². The normalized spacial score (nSPS) is 12.2. The minimum Gasteiger partial charge on any atom is -0.396 e. The van der Waals surface area contributed by atoms with Crippen molar-refractivity contribution in [3.63, 3.8) is 0 Å². The molecule has 0 bridgehead atoms. The maximum Gasteiger partial charge on any atom is 0.256 e. The van der Waals surface area contributed by atoms with Gasteiger partial charge in [-0.15, -0.1) is 0 Å². The van der Waals surface area contributed by atoms with Crippen molar-refractivity contribution in [3.05, 3.63) is 48.5 Å². The molecule has 0 saturated carbocycles. The van der Waals surface area contributed by atoms with Crippen LogP contribution in [0.4, 0.5) is 5.82 Å². The lowest BCUT2D eigenvalue weighted by Crippen LogP contribution is -2.14. The van der Waals surface area contributed by atoms with Crippen LogP contribution < -0.4 is 5.32 Å². The van der Waals surface area contributed by atoms with Crippen molar-refractivity contribution in [1.82, 2.24) is 19.5 Å². The summed E-state index contributed by atoms with van der Waals surface area (Å²) in [6.07, 6.45) is 3.93.